The fourth-order valence-corrected chi connectivity index (χ4v) is 3.44. The van der Waals surface area contributed by atoms with Crippen LogP contribution in [0.1, 0.15) is 32.4 Å². The molecule has 1 aromatic rings. The monoisotopic (exact) mass is 274 g/mol. The Labute approximate surface area is 120 Å². The maximum atomic E-state index is 12.2. The van der Waals surface area contributed by atoms with Gasteiger partial charge in [-0.3, -0.25) is 9.78 Å². The second-order valence-electron chi connectivity index (χ2n) is 6.15. The third-order valence-electron chi connectivity index (χ3n) is 4.44. The van der Waals surface area contributed by atoms with E-state index >= 15 is 0 Å². The highest BCUT2D eigenvalue weighted by atomic mass is 16.5. The van der Waals surface area contributed by atoms with E-state index in [0.717, 1.165) is 18.7 Å². The van der Waals surface area contributed by atoms with E-state index in [9.17, 15) is 4.79 Å². The van der Waals surface area contributed by atoms with Gasteiger partial charge in [-0.25, -0.2) is 0 Å². The molecule has 0 unspecified atom stereocenters. The maximum Gasteiger partial charge on any atom is 0.225 e. The van der Waals surface area contributed by atoms with Gasteiger partial charge in [-0.05, 0) is 25.0 Å². The molecule has 0 N–H and O–H groups in total. The van der Waals surface area contributed by atoms with Crippen molar-refractivity contribution in [3.63, 3.8) is 0 Å². The van der Waals surface area contributed by atoms with Gasteiger partial charge in [-0.1, -0.05) is 19.9 Å². The highest BCUT2D eigenvalue weighted by Gasteiger charge is 2.49. The molecule has 2 heterocycles. The molecule has 0 aromatic carbocycles. The minimum Gasteiger partial charge on any atom is -0.369 e. The topological polar surface area (TPSA) is 42.4 Å². The number of fused-ring (bicyclic) bond motifs is 2. The van der Waals surface area contributed by atoms with E-state index in [0.29, 0.717) is 12.5 Å². The molecule has 2 bridgehead atoms. The average Bonchev–Trinajstić information content (AvgIpc) is 3.02. The number of carbonyl (C=O) groups is 1. The third-order valence-corrected chi connectivity index (χ3v) is 4.44. The molecule has 1 amide bonds. The molecule has 0 spiro atoms. The Morgan fingerprint density at radius 2 is 2.30 bits per heavy atom. The normalized spacial score (nSPS) is 28.4. The zero-order valence-electron chi connectivity index (χ0n) is 12.2. The summed E-state index contributed by atoms with van der Waals surface area (Å²) in [7, 11) is 0. The summed E-state index contributed by atoms with van der Waals surface area (Å²) >= 11 is 0. The van der Waals surface area contributed by atoms with Crippen LogP contribution in [0.4, 0.5) is 0 Å². The van der Waals surface area contributed by atoms with Crippen molar-refractivity contribution in [2.24, 2.45) is 11.8 Å². The minimum absolute atomic E-state index is 0.0748. The van der Waals surface area contributed by atoms with E-state index in [-0.39, 0.29) is 24.0 Å². The second-order valence-corrected chi connectivity index (χ2v) is 6.15. The molecule has 3 rings (SSSR count). The minimum atomic E-state index is 0.0748. The lowest BCUT2D eigenvalue weighted by molar-refractivity contribution is -0.137. The van der Waals surface area contributed by atoms with E-state index in [1.165, 1.54) is 6.42 Å². The van der Waals surface area contributed by atoms with Gasteiger partial charge < -0.3 is 9.64 Å². The molecule has 1 saturated carbocycles. The van der Waals surface area contributed by atoms with Gasteiger partial charge >= 0.3 is 0 Å². The standard InChI is InChI=1S/C16H22N2O2/c1-11(2)16(19)18-9-12-6-7-14(18)15(12)20-10-13-5-3-4-8-17-13/h3-5,8,11-12,14-15H,6-7,9-10H2,1-2H3/t12-,14+,15-/m1/s1. The largest absolute Gasteiger partial charge is 0.369 e. The van der Waals surface area contributed by atoms with Crippen molar-refractivity contribution in [2.75, 3.05) is 6.54 Å². The first-order chi connectivity index (χ1) is 9.66. The van der Waals surface area contributed by atoms with Crippen molar-refractivity contribution in [3.05, 3.63) is 30.1 Å². The Balaban J connectivity index is 1.63. The highest BCUT2D eigenvalue weighted by Crippen LogP contribution is 2.40. The molecule has 1 aromatic heterocycles. The van der Waals surface area contributed by atoms with Crippen LogP contribution < -0.4 is 0 Å². The van der Waals surface area contributed by atoms with Crippen LogP contribution in [-0.2, 0) is 16.1 Å². The number of carbonyl (C=O) groups excluding carboxylic acids is 1. The highest BCUT2D eigenvalue weighted by molar-refractivity contribution is 5.79. The maximum absolute atomic E-state index is 12.2. The predicted molar refractivity (Wildman–Crippen MR) is 75.9 cm³/mol. The number of likely N-dealkylation sites (tertiary alicyclic amines) is 1. The molecule has 2 fully saturated rings. The van der Waals surface area contributed by atoms with Gasteiger partial charge in [0, 0.05) is 24.6 Å². The quantitative estimate of drug-likeness (QED) is 0.845. The van der Waals surface area contributed by atoms with E-state index in [1.807, 2.05) is 36.9 Å². The van der Waals surface area contributed by atoms with Crippen LogP contribution >= 0.6 is 0 Å². The fraction of sp³-hybridized carbons (Fsp3) is 0.625. The second kappa shape index (κ2) is 5.52. The van der Waals surface area contributed by atoms with E-state index in [4.69, 9.17) is 4.74 Å². The molecule has 20 heavy (non-hydrogen) atoms. The van der Waals surface area contributed by atoms with Crippen molar-refractivity contribution in [2.45, 2.75) is 45.4 Å². The van der Waals surface area contributed by atoms with Gasteiger partial charge in [-0.15, -0.1) is 0 Å². The zero-order chi connectivity index (χ0) is 14.1. The van der Waals surface area contributed by atoms with Crippen LogP contribution in [0.25, 0.3) is 0 Å². The fourth-order valence-electron chi connectivity index (χ4n) is 3.44. The Bertz CT molecular complexity index is 475. The first kappa shape index (κ1) is 13.6. The van der Waals surface area contributed by atoms with Crippen LogP contribution in [0.15, 0.2) is 24.4 Å². The number of amides is 1. The van der Waals surface area contributed by atoms with Crippen molar-refractivity contribution in [1.29, 1.82) is 0 Å². The molecule has 1 aliphatic heterocycles. The lowest BCUT2D eigenvalue weighted by Crippen LogP contribution is -2.42. The first-order valence-electron chi connectivity index (χ1n) is 7.49. The van der Waals surface area contributed by atoms with Crippen LogP contribution in [0, 0.1) is 11.8 Å². The number of ether oxygens (including phenoxy) is 1. The van der Waals surface area contributed by atoms with Crippen molar-refractivity contribution in [3.8, 4) is 0 Å². The Morgan fingerprint density at radius 1 is 1.45 bits per heavy atom. The van der Waals surface area contributed by atoms with Crippen LogP contribution in [0.5, 0.6) is 0 Å². The molecule has 4 nitrogen and oxygen atoms in total. The van der Waals surface area contributed by atoms with Gasteiger partial charge in [0.15, 0.2) is 0 Å². The summed E-state index contributed by atoms with van der Waals surface area (Å²) in [4.78, 5) is 18.5. The molecule has 1 saturated heterocycles. The Morgan fingerprint density at radius 3 is 3.00 bits per heavy atom. The molecule has 4 heteroatoms. The summed E-state index contributed by atoms with van der Waals surface area (Å²) < 4.78 is 6.08. The molecular weight excluding hydrogens is 252 g/mol. The van der Waals surface area contributed by atoms with Crippen LogP contribution in [0.2, 0.25) is 0 Å². The first-order valence-corrected chi connectivity index (χ1v) is 7.49. The summed E-state index contributed by atoms with van der Waals surface area (Å²) in [6, 6.07) is 6.14. The molecule has 0 radical (unpaired) electrons. The number of nitrogens with zero attached hydrogens (tertiary/aromatic N) is 2. The van der Waals surface area contributed by atoms with E-state index in [1.54, 1.807) is 6.20 Å². The van der Waals surface area contributed by atoms with Gasteiger partial charge in [0.25, 0.3) is 0 Å². The van der Waals surface area contributed by atoms with Crippen LogP contribution in [-0.4, -0.2) is 34.5 Å². The SMILES string of the molecule is CC(C)C(=O)N1C[C@H]2CC[C@H]1[C@@H]2OCc1ccccn1. The van der Waals surface area contributed by atoms with Gasteiger partial charge in [-0.2, -0.15) is 0 Å². The number of rotatable bonds is 4. The van der Waals surface area contributed by atoms with Gasteiger partial charge in [0.2, 0.25) is 5.91 Å². The van der Waals surface area contributed by atoms with Crippen LogP contribution in [0.3, 0.4) is 0 Å². The van der Waals surface area contributed by atoms with Gasteiger partial charge in [0.1, 0.15) is 0 Å². The zero-order valence-corrected chi connectivity index (χ0v) is 12.2. The summed E-state index contributed by atoms with van der Waals surface area (Å²) in [5, 5.41) is 0. The van der Waals surface area contributed by atoms with Gasteiger partial charge in [0.05, 0.1) is 24.4 Å². The Kier molecular flexibility index (Phi) is 3.74. The lowest BCUT2D eigenvalue weighted by atomic mass is 10.1. The summed E-state index contributed by atoms with van der Waals surface area (Å²) in [6.45, 7) is 5.35. The van der Waals surface area contributed by atoms with Crippen molar-refractivity contribution in [1.82, 2.24) is 9.88 Å². The molecule has 3 atom stereocenters. The third kappa shape index (κ3) is 2.44. The van der Waals surface area contributed by atoms with Crippen molar-refractivity contribution < 1.29 is 9.53 Å². The summed E-state index contributed by atoms with van der Waals surface area (Å²) in [6.07, 6.45) is 4.24. The molecule has 1 aliphatic carbocycles. The number of hydrogen-bond acceptors (Lipinski definition) is 3. The summed E-state index contributed by atoms with van der Waals surface area (Å²) in [5.74, 6) is 0.848. The van der Waals surface area contributed by atoms with Crippen molar-refractivity contribution >= 4 is 5.91 Å². The van der Waals surface area contributed by atoms with E-state index in [2.05, 4.69) is 4.98 Å². The lowest BCUT2D eigenvalue weighted by Gasteiger charge is -2.28. The molecule has 108 valence electrons. The predicted octanol–water partition coefficient (Wildman–Crippen LogP) is 2.24. The number of aromatic nitrogens is 1. The average molecular weight is 274 g/mol. The van der Waals surface area contributed by atoms with E-state index < -0.39 is 0 Å². The smallest absolute Gasteiger partial charge is 0.225 e. The molecular formula is C16H22N2O2. The number of hydrogen-bond donors (Lipinski definition) is 0. The molecule has 2 aliphatic rings. The summed E-state index contributed by atoms with van der Waals surface area (Å²) in [5.41, 5.74) is 0.959. The number of piperidine rings is 1. The Hall–Kier alpha value is -1.42. The number of pyridine rings is 1.